The van der Waals surface area contributed by atoms with Crippen LogP contribution in [0.1, 0.15) is 32.1 Å². The molecular weight excluding hydrogens is 228 g/mol. The van der Waals surface area contributed by atoms with E-state index in [1.807, 2.05) is 0 Å². The molecule has 1 aromatic rings. The first-order valence-corrected chi connectivity index (χ1v) is 6.67. The highest BCUT2D eigenvalue weighted by atomic mass is 16.2. The molecule has 1 aromatic heterocycles. The van der Waals surface area contributed by atoms with Crippen molar-refractivity contribution >= 4 is 11.7 Å². The molecule has 96 valence electrons. The minimum absolute atomic E-state index is 0.0184. The van der Waals surface area contributed by atoms with Gasteiger partial charge in [0.15, 0.2) is 5.82 Å². The van der Waals surface area contributed by atoms with Crippen molar-refractivity contribution in [2.75, 3.05) is 5.32 Å². The molecule has 1 aliphatic carbocycles. The topological polar surface area (TPSA) is 66.9 Å². The summed E-state index contributed by atoms with van der Waals surface area (Å²) in [7, 11) is 0. The van der Waals surface area contributed by atoms with E-state index < -0.39 is 0 Å². The van der Waals surface area contributed by atoms with E-state index in [0.717, 1.165) is 6.42 Å². The highest BCUT2D eigenvalue weighted by molar-refractivity contribution is 5.94. The molecule has 2 fully saturated rings. The van der Waals surface area contributed by atoms with Gasteiger partial charge in [-0.1, -0.05) is 12.8 Å². The molecule has 3 atom stereocenters. The Morgan fingerprint density at radius 1 is 1.39 bits per heavy atom. The Morgan fingerprint density at radius 3 is 3.06 bits per heavy atom. The maximum atomic E-state index is 12.1. The van der Waals surface area contributed by atoms with Crippen LogP contribution in [0.2, 0.25) is 0 Å². The number of aromatic nitrogens is 2. The van der Waals surface area contributed by atoms with Crippen molar-refractivity contribution in [2.24, 2.45) is 5.92 Å². The van der Waals surface area contributed by atoms with E-state index in [1.54, 1.807) is 18.3 Å². The quantitative estimate of drug-likeness (QED) is 0.826. The number of nitrogens with zero attached hydrogens (tertiary/aromatic N) is 2. The zero-order chi connectivity index (χ0) is 12.4. The van der Waals surface area contributed by atoms with Gasteiger partial charge < -0.3 is 10.6 Å². The van der Waals surface area contributed by atoms with E-state index >= 15 is 0 Å². The van der Waals surface area contributed by atoms with Gasteiger partial charge in [-0.2, -0.15) is 5.10 Å². The van der Waals surface area contributed by atoms with E-state index in [9.17, 15) is 4.79 Å². The minimum atomic E-state index is -0.0693. The first kappa shape index (κ1) is 11.6. The lowest BCUT2D eigenvalue weighted by Crippen LogP contribution is -2.40. The average Bonchev–Trinajstić information content (AvgIpc) is 2.84. The molecule has 1 amide bonds. The van der Waals surface area contributed by atoms with Crippen LogP contribution < -0.4 is 10.6 Å². The van der Waals surface area contributed by atoms with Gasteiger partial charge in [0.1, 0.15) is 0 Å². The van der Waals surface area contributed by atoms with Crippen molar-refractivity contribution in [1.29, 1.82) is 0 Å². The summed E-state index contributed by atoms with van der Waals surface area (Å²) in [4.78, 5) is 12.1. The highest BCUT2D eigenvalue weighted by Gasteiger charge is 2.38. The lowest BCUT2D eigenvalue weighted by Gasteiger charge is -2.24. The Hall–Kier alpha value is -1.49. The Labute approximate surface area is 106 Å². The molecule has 2 N–H and O–H groups in total. The molecule has 18 heavy (non-hydrogen) atoms. The van der Waals surface area contributed by atoms with E-state index in [0.29, 0.717) is 17.8 Å². The number of hydrogen-bond donors (Lipinski definition) is 2. The molecule has 0 radical (unpaired) electrons. The van der Waals surface area contributed by atoms with Crippen LogP contribution >= 0.6 is 0 Å². The molecule has 1 aliphatic heterocycles. The van der Waals surface area contributed by atoms with Gasteiger partial charge in [-0.05, 0) is 37.3 Å². The maximum absolute atomic E-state index is 12.1. The van der Waals surface area contributed by atoms with Crippen molar-refractivity contribution in [1.82, 2.24) is 15.5 Å². The van der Waals surface area contributed by atoms with Crippen LogP contribution in [0, 0.1) is 5.92 Å². The predicted molar refractivity (Wildman–Crippen MR) is 67.9 cm³/mol. The molecule has 5 nitrogen and oxygen atoms in total. The van der Waals surface area contributed by atoms with E-state index in [-0.39, 0.29) is 11.9 Å². The van der Waals surface area contributed by atoms with Gasteiger partial charge >= 0.3 is 0 Å². The molecule has 2 heterocycles. The number of hydrogen-bond acceptors (Lipinski definition) is 4. The second kappa shape index (κ2) is 5.02. The van der Waals surface area contributed by atoms with E-state index in [1.165, 1.54) is 25.7 Å². The van der Waals surface area contributed by atoms with Crippen LogP contribution in [0.5, 0.6) is 0 Å². The fourth-order valence-electron chi connectivity index (χ4n) is 3.10. The van der Waals surface area contributed by atoms with Gasteiger partial charge in [0.05, 0.1) is 6.04 Å². The molecule has 0 bridgehead atoms. The second-order valence-electron chi connectivity index (χ2n) is 5.20. The van der Waals surface area contributed by atoms with Crippen LogP contribution in [-0.2, 0) is 4.79 Å². The lowest BCUT2D eigenvalue weighted by atomic mass is 9.85. The van der Waals surface area contributed by atoms with Gasteiger partial charge in [0.25, 0.3) is 0 Å². The first-order chi connectivity index (χ1) is 8.83. The van der Waals surface area contributed by atoms with Crippen molar-refractivity contribution in [3.63, 3.8) is 0 Å². The standard InChI is InChI=1S/C13H18N4O/c18-13(16-12-6-3-7-14-17-12)11-8-9-4-1-2-5-10(9)15-11/h3,6-7,9-11,15H,1-2,4-5,8H2,(H,16,17,18). The van der Waals surface area contributed by atoms with E-state index in [2.05, 4.69) is 20.8 Å². The number of carbonyl (C=O) groups excluding carboxylic acids is 1. The third kappa shape index (κ3) is 2.36. The Morgan fingerprint density at radius 2 is 2.28 bits per heavy atom. The van der Waals surface area contributed by atoms with E-state index in [4.69, 9.17) is 0 Å². The van der Waals surface area contributed by atoms with Crippen molar-refractivity contribution in [3.8, 4) is 0 Å². The summed E-state index contributed by atoms with van der Waals surface area (Å²) in [6, 6.07) is 3.99. The third-order valence-corrected chi connectivity index (χ3v) is 4.00. The summed E-state index contributed by atoms with van der Waals surface area (Å²) < 4.78 is 0. The van der Waals surface area contributed by atoms with Gasteiger partial charge in [-0.15, -0.1) is 5.10 Å². The maximum Gasteiger partial charge on any atom is 0.242 e. The molecule has 3 unspecified atom stereocenters. The number of rotatable bonds is 2. The van der Waals surface area contributed by atoms with Crippen LogP contribution in [0.15, 0.2) is 18.3 Å². The third-order valence-electron chi connectivity index (χ3n) is 4.00. The molecule has 2 aliphatic rings. The first-order valence-electron chi connectivity index (χ1n) is 6.67. The van der Waals surface area contributed by atoms with Gasteiger partial charge in [-0.3, -0.25) is 4.79 Å². The number of carbonyl (C=O) groups is 1. The zero-order valence-corrected chi connectivity index (χ0v) is 10.3. The zero-order valence-electron chi connectivity index (χ0n) is 10.3. The Kier molecular flexibility index (Phi) is 3.23. The number of anilines is 1. The van der Waals surface area contributed by atoms with Crippen LogP contribution in [0.25, 0.3) is 0 Å². The fraction of sp³-hybridized carbons (Fsp3) is 0.615. The average molecular weight is 246 g/mol. The monoisotopic (exact) mass is 246 g/mol. The summed E-state index contributed by atoms with van der Waals surface area (Å²) in [5.41, 5.74) is 0. The number of fused-ring (bicyclic) bond motifs is 1. The Balaban J connectivity index is 1.60. The molecule has 3 rings (SSSR count). The largest absolute Gasteiger partial charge is 0.308 e. The highest BCUT2D eigenvalue weighted by Crippen LogP contribution is 2.33. The number of nitrogens with one attached hydrogen (secondary N) is 2. The smallest absolute Gasteiger partial charge is 0.242 e. The summed E-state index contributed by atoms with van der Waals surface area (Å²) in [5, 5.41) is 13.9. The molecule has 5 heteroatoms. The number of amides is 1. The van der Waals surface area contributed by atoms with Gasteiger partial charge in [0, 0.05) is 12.2 Å². The minimum Gasteiger partial charge on any atom is -0.308 e. The Bertz CT molecular complexity index is 408. The fourth-order valence-corrected chi connectivity index (χ4v) is 3.10. The lowest BCUT2D eigenvalue weighted by molar-refractivity contribution is -0.117. The van der Waals surface area contributed by atoms with Crippen molar-refractivity contribution in [3.05, 3.63) is 18.3 Å². The second-order valence-corrected chi connectivity index (χ2v) is 5.20. The summed E-state index contributed by atoms with van der Waals surface area (Å²) >= 11 is 0. The van der Waals surface area contributed by atoms with Crippen molar-refractivity contribution in [2.45, 2.75) is 44.2 Å². The van der Waals surface area contributed by atoms with Crippen LogP contribution in [0.4, 0.5) is 5.82 Å². The van der Waals surface area contributed by atoms with Crippen molar-refractivity contribution < 1.29 is 4.79 Å². The molecule has 0 aromatic carbocycles. The normalized spacial score (nSPS) is 30.8. The molecule has 1 saturated heterocycles. The SMILES string of the molecule is O=C(Nc1cccnn1)C1CC2CCCCC2N1. The predicted octanol–water partition coefficient (Wildman–Crippen LogP) is 1.34. The summed E-state index contributed by atoms with van der Waals surface area (Å²) in [6.45, 7) is 0. The summed E-state index contributed by atoms with van der Waals surface area (Å²) in [5.74, 6) is 1.22. The van der Waals surface area contributed by atoms with Crippen LogP contribution in [0.3, 0.4) is 0 Å². The molecule has 0 spiro atoms. The summed E-state index contributed by atoms with van der Waals surface area (Å²) in [6.07, 6.45) is 7.61. The van der Waals surface area contributed by atoms with Gasteiger partial charge in [0.2, 0.25) is 5.91 Å². The van der Waals surface area contributed by atoms with Gasteiger partial charge in [-0.25, -0.2) is 0 Å². The van der Waals surface area contributed by atoms with Crippen LogP contribution in [-0.4, -0.2) is 28.2 Å². The molecular formula is C13H18N4O. The molecule has 1 saturated carbocycles.